The third-order valence-corrected chi connectivity index (χ3v) is 4.94. The van der Waals surface area contributed by atoms with E-state index in [1.807, 2.05) is 6.07 Å². The Kier molecular flexibility index (Phi) is 3.80. The molecule has 4 aromatic carbocycles. The highest BCUT2D eigenvalue weighted by Crippen LogP contribution is 2.34. The van der Waals surface area contributed by atoms with E-state index in [0.29, 0.717) is 0 Å². The maximum absolute atomic E-state index is 3.63. The Morgan fingerprint density at radius 3 is 1.56 bits per heavy atom. The summed E-state index contributed by atoms with van der Waals surface area (Å²) in [6, 6.07) is 35.8. The standard InChI is InChI=1S/C25H18N2/c1-4-10-18(11-5-1)21-16-17-22(19-12-6-2-7-13-19)24-23(21)26-25(27-24)20-14-8-3-9-15-20/h1-17H,(H,26,27)/p+1. The second-order valence-corrected chi connectivity index (χ2v) is 6.63. The number of imidazole rings is 1. The molecule has 2 N–H and O–H groups in total. The van der Waals surface area contributed by atoms with Gasteiger partial charge in [-0.05, 0) is 35.4 Å². The Bertz CT molecular complexity index is 1110. The van der Waals surface area contributed by atoms with Gasteiger partial charge in [0.1, 0.15) is 0 Å². The van der Waals surface area contributed by atoms with Gasteiger partial charge in [0.2, 0.25) is 0 Å². The molecule has 0 unspecified atom stereocenters. The second-order valence-electron chi connectivity index (χ2n) is 6.63. The van der Waals surface area contributed by atoms with Crippen molar-refractivity contribution in [1.82, 2.24) is 4.98 Å². The zero-order valence-corrected chi connectivity index (χ0v) is 14.8. The van der Waals surface area contributed by atoms with Gasteiger partial charge in [-0.3, -0.25) is 0 Å². The maximum Gasteiger partial charge on any atom is 0.285 e. The predicted octanol–water partition coefficient (Wildman–Crippen LogP) is 5.98. The monoisotopic (exact) mass is 347 g/mol. The van der Waals surface area contributed by atoms with Crippen LogP contribution < -0.4 is 4.98 Å². The average molecular weight is 347 g/mol. The van der Waals surface area contributed by atoms with E-state index in [4.69, 9.17) is 0 Å². The normalized spacial score (nSPS) is 11.0. The molecule has 27 heavy (non-hydrogen) atoms. The Labute approximate surface area is 158 Å². The first-order valence-corrected chi connectivity index (χ1v) is 9.14. The first-order valence-electron chi connectivity index (χ1n) is 9.14. The van der Waals surface area contributed by atoms with Crippen LogP contribution in [0.15, 0.2) is 103 Å². The Morgan fingerprint density at radius 2 is 0.963 bits per heavy atom. The summed E-state index contributed by atoms with van der Waals surface area (Å²) in [4.78, 5) is 7.27. The highest BCUT2D eigenvalue weighted by Gasteiger charge is 2.20. The van der Waals surface area contributed by atoms with Gasteiger partial charge in [-0.15, -0.1) is 0 Å². The summed E-state index contributed by atoms with van der Waals surface area (Å²) in [7, 11) is 0. The van der Waals surface area contributed by atoms with E-state index in [2.05, 4.69) is 107 Å². The van der Waals surface area contributed by atoms with Crippen LogP contribution in [-0.4, -0.2) is 4.98 Å². The molecule has 0 aliphatic rings. The lowest BCUT2D eigenvalue weighted by atomic mass is 9.98. The van der Waals surface area contributed by atoms with E-state index in [9.17, 15) is 0 Å². The van der Waals surface area contributed by atoms with Crippen molar-refractivity contribution in [2.24, 2.45) is 0 Å². The first kappa shape index (κ1) is 15.6. The van der Waals surface area contributed by atoms with Gasteiger partial charge in [0.05, 0.1) is 5.56 Å². The number of hydrogen-bond donors (Lipinski definition) is 1. The summed E-state index contributed by atoms with van der Waals surface area (Å²) in [5.41, 5.74) is 8.20. The third-order valence-electron chi connectivity index (χ3n) is 4.94. The van der Waals surface area contributed by atoms with Crippen molar-refractivity contribution in [2.75, 3.05) is 0 Å². The number of aromatic amines is 2. The zero-order chi connectivity index (χ0) is 18.1. The lowest BCUT2D eigenvalue weighted by Crippen LogP contribution is -2.03. The number of H-pyrrole nitrogens is 2. The molecule has 1 aromatic heterocycles. The molecule has 0 aliphatic heterocycles. The van der Waals surface area contributed by atoms with Crippen LogP contribution in [-0.2, 0) is 0 Å². The summed E-state index contributed by atoms with van der Waals surface area (Å²) in [6.45, 7) is 0. The summed E-state index contributed by atoms with van der Waals surface area (Å²) in [5.74, 6) is 1.02. The van der Waals surface area contributed by atoms with Crippen LogP contribution in [0.2, 0.25) is 0 Å². The molecule has 5 aromatic rings. The molecule has 0 aliphatic carbocycles. The summed E-state index contributed by atoms with van der Waals surface area (Å²) in [5, 5.41) is 0. The van der Waals surface area contributed by atoms with Crippen molar-refractivity contribution in [1.29, 1.82) is 0 Å². The number of hydrogen-bond acceptors (Lipinski definition) is 0. The minimum absolute atomic E-state index is 1.02. The van der Waals surface area contributed by atoms with Crippen molar-refractivity contribution < 1.29 is 4.98 Å². The fraction of sp³-hybridized carbons (Fsp3) is 0. The van der Waals surface area contributed by atoms with Crippen LogP contribution >= 0.6 is 0 Å². The van der Waals surface area contributed by atoms with Crippen molar-refractivity contribution in [3.63, 3.8) is 0 Å². The van der Waals surface area contributed by atoms with Crippen molar-refractivity contribution in [3.8, 4) is 33.6 Å². The van der Waals surface area contributed by atoms with Gasteiger partial charge < -0.3 is 0 Å². The smallest absolute Gasteiger partial charge is 0.236 e. The minimum Gasteiger partial charge on any atom is -0.236 e. The molecule has 0 fully saturated rings. The fourth-order valence-corrected chi connectivity index (χ4v) is 3.61. The molecule has 0 spiro atoms. The number of nitrogens with one attached hydrogen (secondary N) is 2. The molecule has 0 radical (unpaired) electrons. The fourth-order valence-electron chi connectivity index (χ4n) is 3.61. The SMILES string of the molecule is c1ccc(-c2[nH]c3c(-c4ccccc4)ccc(-c4ccccc4)c3[nH+]2)cc1. The summed E-state index contributed by atoms with van der Waals surface area (Å²) in [6.07, 6.45) is 0. The number of rotatable bonds is 3. The topological polar surface area (TPSA) is 29.9 Å². The Morgan fingerprint density at radius 1 is 0.481 bits per heavy atom. The number of benzene rings is 4. The summed E-state index contributed by atoms with van der Waals surface area (Å²) >= 11 is 0. The first-order chi connectivity index (χ1) is 13.4. The molecule has 0 saturated heterocycles. The highest BCUT2D eigenvalue weighted by molar-refractivity contribution is 5.99. The van der Waals surface area contributed by atoms with Gasteiger partial charge in [0.25, 0.3) is 5.82 Å². The molecule has 1 heterocycles. The van der Waals surface area contributed by atoms with Crippen molar-refractivity contribution in [2.45, 2.75) is 0 Å². The second kappa shape index (κ2) is 6.58. The van der Waals surface area contributed by atoms with E-state index in [-0.39, 0.29) is 0 Å². The number of aromatic nitrogens is 2. The van der Waals surface area contributed by atoms with Crippen LogP contribution in [0.4, 0.5) is 0 Å². The van der Waals surface area contributed by atoms with E-state index in [1.54, 1.807) is 0 Å². The Balaban J connectivity index is 1.80. The average Bonchev–Trinajstić information content (AvgIpc) is 3.20. The molecule has 2 heteroatoms. The Hall–Kier alpha value is -3.65. The molecule has 128 valence electrons. The van der Waals surface area contributed by atoms with Gasteiger partial charge in [-0.25, -0.2) is 9.97 Å². The van der Waals surface area contributed by atoms with Crippen LogP contribution in [0.25, 0.3) is 44.7 Å². The molecule has 0 atom stereocenters. The van der Waals surface area contributed by atoms with E-state index < -0.39 is 0 Å². The largest absolute Gasteiger partial charge is 0.285 e. The van der Waals surface area contributed by atoms with Gasteiger partial charge in [0.15, 0.2) is 11.0 Å². The van der Waals surface area contributed by atoms with Crippen LogP contribution in [0.1, 0.15) is 0 Å². The van der Waals surface area contributed by atoms with Crippen LogP contribution in [0.5, 0.6) is 0 Å². The van der Waals surface area contributed by atoms with Crippen molar-refractivity contribution >= 4 is 11.0 Å². The molecular weight excluding hydrogens is 328 g/mol. The lowest BCUT2D eigenvalue weighted by Gasteiger charge is -2.05. The zero-order valence-electron chi connectivity index (χ0n) is 14.8. The predicted molar refractivity (Wildman–Crippen MR) is 111 cm³/mol. The van der Waals surface area contributed by atoms with E-state index in [1.165, 1.54) is 22.3 Å². The van der Waals surface area contributed by atoms with Crippen LogP contribution in [0, 0.1) is 0 Å². The molecule has 2 nitrogen and oxygen atoms in total. The molecule has 0 saturated carbocycles. The maximum atomic E-state index is 3.63. The van der Waals surface area contributed by atoms with Gasteiger partial charge in [-0.1, -0.05) is 78.9 Å². The minimum atomic E-state index is 1.02. The quantitative estimate of drug-likeness (QED) is 0.416. The highest BCUT2D eigenvalue weighted by atomic mass is 14.9. The lowest BCUT2D eigenvalue weighted by molar-refractivity contribution is -0.330. The summed E-state index contributed by atoms with van der Waals surface area (Å²) < 4.78 is 0. The van der Waals surface area contributed by atoms with E-state index in [0.717, 1.165) is 22.4 Å². The molecule has 0 bridgehead atoms. The van der Waals surface area contributed by atoms with Gasteiger partial charge >= 0.3 is 0 Å². The van der Waals surface area contributed by atoms with Gasteiger partial charge in [-0.2, -0.15) is 0 Å². The molecule has 5 rings (SSSR count). The number of fused-ring (bicyclic) bond motifs is 1. The van der Waals surface area contributed by atoms with E-state index >= 15 is 0 Å². The molecule has 0 amide bonds. The molecular formula is C25H19N2+. The van der Waals surface area contributed by atoms with Crippen LogP contribution in [0.3, 0.4) is 0 Å². The van der Waals surface area contributed by atoms with Crippen molar-refractivity contribution in [3.05, 3.63) is 103 Å². The third kappa shape index (κ3) is 2.81. The van der Waals surface area contributed by atoms with Gasteiger partial charge in [0, 0.05) is 11.1 Å².